The average Bonchev–Trinajstić information content (AvgIpc) is 3.24. The molecule has 0 saturated carbocycles. The Balaban J connectivity index is 0.000000232. The van der Waals surface area contributed by atoms with Gasteiger partial charge < -0.3 is 15.3 Å². The standard InChI is InChI=1S/C18H18.C10H15.3C6H6O.Ti/c1-15-7-11-17(12-8-15)5-3-4-6-18-13-9-16(2)10-14-18;1-7-6-10(4,5)9(3)8(7)2;3*7-6-4-2-1-3-5-6;/h3-14H,1-2H3;1-5H3;3*1-5,7H;/q;;;;;+3/p-3. The molecule has 0 amide bonds. The summed E-state index contributed by atoms with van der Waals surface area (Å²) in [6.45, 7) is 15.5. The van der Waals surface area contributed by atoms with E-state index >= 15 is 0 Å². The maximum absolute atomic E-state index is 10.3. The van der Waals surface area contributed by atoms with E-state index in [1.54, 1.807) is 36.4 Å². The van der Waals surface area contributed by atoms with Gasteiger partial charge in [-0.15, -0.1) is 17.2 Å². The predicted molar refractivity (Wildman–Crippen MR) is 203 cm³/mol. The molecule has 0 atom stereocenters. The van der Waals surface area contributed by atoms with E-state index in [-0.39, 0.29) is 17.2 Å². The molecule has 0 radical (unpaired) electrons. The van der Waals surface area contributed by atoms with Gasteiger partial charge in [-0.05, 0) is 25.0 Å². The largest absolute Gasteiger partial charge is 0.872 e. The Hall–Kier alpha value is -4.83. The van der Waals surface area contributed by atoms with Gasteiger partial charge in [-0.2, -0.15) is 0 Å². The summed E-state index contributed by atoms with van der Waals surface area (Å²) in [6, 6.07) is 42.0. The van der Waals surface area contributed by atoms with E-state index in [2.05, 4.69) is 142 Å². The molecule has 1 aliphatic carbocycles. The van der Waals surface area contributed by atoms with Crippen molar-refractivity contribution < 1.29 is 35.8 Å². The SMILES string of the molecule is CC1=C(C)C(C)(C)[C]([Ti+3])=C1C.Cc1ccc(C=CC=Cc2ccc(C)cc2)cc1.[O-]c1ccccc1.[O-]c1ccccc1.[O-]c1ccccc1. The summed E-state index contributed by atoms with van der Waals surface area (Å²) in [7, 11) is 0. The van der Waals surface area contributed by atoms with Crippen LogP contribution in [0, 0.1) is 19.3 Å². The Labute approximate surface area is 312 Å². The first kappa shape index (κ1) is 41.3. The molecule has 5 aromatic rings. The van der Waals surface area contributed by atoms with Crippen molar-refractivity contribution in [2.45, 2.75) is 48.5 Å². The molecule has 1 aliphatic rings. The molecule has 5 aromatic carbocycles. The van der Waals surface area contributed by atoms with Crippen LogP contribution in [0.25, 0.3) is 12.2 Å². The fourth-order valence-electron chi connectivity index (χ4n) is 4.54. The number of para-hydroxylation sites is 3. The Morgan fingerprint density at radius 2 is 0.740 bits per heavy atom. The van der Waals surface area contributed by atoms with Crippen LogP contribution in [0.3, 0.4) is 0 Å². The van der Waals surface area contributed by atoms with Crippen LogP contribution in [0.4, 0.5) is 0 Å². The number of hydrogen-bond acceptors (Lipinski definition) is 3. The zero-order valence-electron chi connectivity index (χ0n) is 30.3. The maximum atomic E-state index is 10.3. The second kappa shape index (κ2) is 22.0. The van der Waals surface area contributed by atoms with Crippen molar-refractivity contribution in [3.8, 4) is 17.2 Å². The number of hydrogen-bond donors (Lipinski definition) is 0. The van der Waals surface area contributed by atoms with Crippen LogP contribution in [0.15, 0.2) is 172 Å². The Morgan fingerprint density at radius 1 is 0.440 bits per heavy atom. The zero-order chi connectivity index (χ0) is 36.9. The molecule has 50 heavy (non-hydrogen) atoms. The summed E-state index contributed by atoms with van der Waals surface area (Å²) in [4.78, 5) is 0. The minimum absolute atomic E-state index is 0.0718. The molecule has 3 nitrogen and oxygen atoms in total. The average molecular weight is 697 g/mol. The van der Waals surface area contributed by atoms with Crippen molar-refractivity contribution in [2.24, 2.45) is 5.41 Å². The first-order valence-corrected chi connectivity index (χ1v) is 17.3. The maximum Gasteiger partial charge on any atom is -0.0256 e. The van der Waals surface area contributed by atoms with E-state index in [0.717, 1.165) is 0 Å². The molecular weight excluding hydrogens is 648 g/mol. The van der Waals surface area contributed by atoms with Crippen molar-refractivity contribution in [3.05, 3.63) is 195 Å². The number of rotatable bonds is 3. The Morgan fingerprint density at radius 3 is 0.920 bits per heavy atom. The number of allylic oxidation sites excluding steroid dienone is 6. The quantitative estimate of drug-likeness (QED) is 0.139. The van der Waals surface area contributed by atoms with Gasteiger partial charge in [0.25, 0.3) is 0 Å². The second-order valence-corrected chi connectivity index (χ2v) is 13.1. The first-order valence-electron chi connectivity index (χ1n) is 16.6. The molecule has 0 aromatic heterocycles. The third kappa shape index (κ3) is 15.6. The van der Waals surface area contributed by atoms with Crippen molar-refractivity contribution in [1.29, 1.82) is 0 Å². The summed E-state index contributed by atoms with van der Waals surface area (Å²) in [6.07, 6.45) is 8.38. The van der Waals surface area contributed by atoms with Crippen LogP contribution in [0.5, 0.6) is 17.2 Å². The van der Waals surface area contributed by atoms with E-state index in [1.165, 1.54) is 79.2 Å². The fraction of sp³-hybridized carbons (Fsp3) is 0.174. The third-order valence-corrected chi connectivity index (χ3v) is 9.70. The van der Waals surface area contributed by atoms with Gasteiger partial charge >= 0.3 is 81.1 Å². The van der Waals surface area contributed by atoms with Gasteiger partial charge in [0.2, 0.25) is 0 Å². The summed E-state index contributed by atoms with van der Waals surface area (Å²) >= 11 is 2.25. The van der Waals surface area contributed by atoms with Crippen LogP contribution >= 0.6 is 0 Å². The van der Waals surface area contributed by atoms with E-state index in [0.29, 0.717) is 5.41 Å². The van der Waals surface area contributed by atoms with Crippen LogP contribution in [-0.4, -0.2) is 0 Å². The van der Waals surface area contributed by atoms with Crippen molar-refractivity contribution in [2.75, 3.05) is 0 Å². The molecule has 0 saturated heterocycles. The molecule has 0 aliphatic heterocycles. The fourth-order valence-corrected chi connectivity index (χ4v) is 5.13. The Bertz CT molecular complexity index is 1630. The minimum Gasteiger partial charge on any atom is -0.872 e. The van der Waals surface area contributed by atoms with Crippen LogP contribution in [-0.2, 0) is 20.4 Å². The monoisotopic (exact) mass is 696 g/mol. The summed E-state index contributed by atoms with van der Waals surface area (Å²) in [5.41, 5.74) is 9.88. The van der Waals surface area contributed by atoms with E-state index in [9.17, 15) is 15.3 Å². The molecule has 0 fully saturated rings. The number of aryl methyl sites for hydroxylation is 2. The molecule has 0 heterocycles. The molecule has 6 rings (SSSR count). The van der Waals surface area contributed by atoms with Crippen LogP contribution in [0.1, 0.15) is 56.9 Å². The predicted octanol–water partition coefficient (Wildman–Crippen LogP) is 10.5. The molecule has 254 valence electrons. The van der Waals surface area contributed by atoms with Crippen LogP contribution in [0.2, 0.25) is 0 Å². The van der Waals surface area contributed by atoms with Crippen molar-refractivity contribution in [1.82, 2.24) is 0 Å². The second-order valence-electron chi connectivity index (χ2n) is 12.4. The van der Waals surface area contributed by atoms with Gasteiger partial charge in [-0.25, -0.2) is 0 Å². The van der Waals surface area contributed by atoms with Gasteiger partial charge in [0.15, 0.2) is 0 Å². The van der Waals surface area contributed by atoms with Crippen LogP contribution < -0.4 is 15.3 Å². The van der Waals surface area contributed by atoms with E-state index < -0.39 is 0 Å². The van der Waals surface area contributed by atoms with Gasteiger partial charge in [0, 0.05) is 0 Å². The molecule has 0 spiro atoms. The van der Waals surface area contributed by atoms with E-state index in [1.807, 2.05) is 18.2 Å². The molecule has 0 unspecified atom stereocenters. The summed E-state index contributed by atoms with van der Waals surface area (Å²) in [5.74, 6) is 0.215. The smallest absolute Gasteiger partial charge is 0.0256 e. The minimum atomic E-state index is 0.0718. The summed E-state index contributed by atoms with van der Waals surface area (Å²) < 4.78 is 1.53. The van der Waals surface area contributed by atoms with Gasteiger partial charge in [0.1, 0.15) is 0 Å². The summed E-state index contributed by atoms with van der Waals surface area (Å²) in [5, 5.41) is 30.8. The van der Waals surface area contributed by atoms with Crippen molar-refractivity contribution >= 4 is 12.2 Å². The first-order chi connectivity index (χ1) is 23.8. The zero-order valence-corrected chi connectivity index (χ0v) is 31.9. The van der Waals surface area contributed by atoms with Crippen molar-refractivity contribution in [3.63, 3.8) is 0 Å². The molecular formula is C46H48O3Ti. The van der Waals surface area contributed by atoms with E-state index in [4.69, 9.17) is 0 Å². The normalized spacial score (nSPS) is 12.9. The Kier molecular flexibility index (Phi) is 18.2. The number of benzene rings is 5. The molecule has 0 N–H and O–H groups in total. The molecule has 0 bridgehead atoms. The topological polar surface area (TPSA) is 69.2 Å². The third-order valence-electron chi connectivity index (χ3n) is 8.14. The van der Waals surface area contributed by atoms with Gasteiger partial charge in [-0.3, -0.25) is 0 Å². The van der Waals surface area contributed by atoms with Gasteiger partial charge in [-0.1, -0.05) is 175 Å². The van der Waals surface area contributed by atoms with Gasteiger partial charge in [0.05, 0.1) is 0 Å². The molecule has 4 heteroatoms.